The number of carboxylic acid groups (broad SMARTS) is 1. The van der Waals surface area contributed by atoms with Gasteiger partial charge in [0, 0.05) is 6.20 Å². The first kappa shape index (κ1) is 18.8. The summed E-state index contributed by atoms with van der Waals surface area (Å²) in [4.78, 5) is 34.3. The van der Waals surface area contributed by atoms with Crippen molar-refractivity contribution in [2.24, 2.45) is 0 Å². The molecule has 8 heteroatoms. The van der Waals surface area contributed by atoms with E-state index in [-0.39, 0.29) is 22.7 Å². The monoisotopic (exact) mass is 390 g/mol. The van der Waals surface area contributed by atoms with E-state index in [4.69, 9.17) is 11.5 Å². The van der Waals surface area contributed by atoms with Gasteiger partial charge in [-0.05, 0) is 35.0 Å². The molecule has 1 aromatic carbocycles. The maximum absolute atomic E-state index is 12.2. The minimum Gasteiger partial charge on any atom is -0.478 e. The first-order valence-corrected chi connectivity index (χ1v) is 8.96. The zero-order valence-electron chi connectivity index (χ0n) is 14.4. The molecule has 1 amide bonds. The molecule has 28 heavy (non-hydrogen) atoms. The first-order chi connectivity index (χ1) is 13.6. The van der Waals surface area contributed by atoms with Gasteiger partial charge in [0.25, 0.3) is 5.91 Å². The van der Waals surface area contributed by atoms with Crippen LogP contribution in [0.3, 0.4) is 0 Å². The molecular weight excluding hydrogens is 376 g/mol. The average Bonchev–Trinajstić information content (AvgIpc) is 3.40. The number of carbonyl (C=O) groups is 2. The number of nitrogens with one attached hydrogen (secondary N) is 2. The molecule has 3 N–H and O–H groups in total. The van der Waals surface area contributed by atoms with Gasteiger partial charge in [0.05, 0.1) is 16.6 Å². The van der Waals surface area contributed by atoms with Gasteiger partial charge < -0.3 is 10.1 Å². The Bertz CT molecular complexity index is 1140. The van der Waals surface area contributed by atoms with Crippen LogP contribution in [0.25, 0.3) is 11.0 Å². The number of nitrogens with zero attached hydrogens (tertiary/aromatic N) is 2. The van der Waals surface area contributed by atoms with Gasteiger partial charge in [-0.25, -0.2) is 14.8 Å². The van der Waals surface area contributed by atoms with Crippen molar-refractivity contribution in [1.82, 2.24) is 15.0 Å². The molecule has 0 bridgehead atoms. The number of carboxylic acids is 1. The second kappa shape index (κ2) is 8.62. The molecule has 138 valence electrons. The smallest absolute Gasteiger partial charge is 0.337 e. The number of rotatable bonds is 3. The van der Waals surface area contributed by atoms with Crippen LogP contribution in [-0.4, -0.2) is 31.9 Å². The first-order valence-electron chi connectivity index (χ1n) is 8.02. The summed E-state index contributed by atoms with van der Waals surface area (Å²) in [5, 5.41) is 15.8. The van der Waals surface area contributed by atoms with Crippen LogP contribution < -0.4 is 5.32 Å². The molecule has 0 fully saturated rings. The van der Waals surface area contributed by atoms with Crippen molar-refractivity contribution in [3.05, 3.63) is 76.2 Å². The molecule has 0 saturated heterocycles. The fourth-order valence-electron chi connectivity index (χ4n) is 2.36. The van der Waals surface area contributed by atoms with Gasteiger partial charge in [-0.1, -0.05) is 24.1 Å². The van der Waals surface area contributed by atoms with Gasteiger partial charge in [0.1, 0.15) is 11.2 Å². The van der Waals surface area contributed by atoms with Crippen LogP contribution >= 0.6 is 11.3 Å². The summed E-state index contributed by atoms with van der Waals surface area (Å²) in [7, 11) is 0. The van der Waals surface area contributed by atoms with Gasteiger partial charge in [-0.3, -0.25) is 10.1 Å². The third-order valence-corrected chi connectivity index (χ3v) is 4.21. The maximum Gasteiger partial charge on any atom is 0.337 e. The molecule has 3 heterocycles. The molecule has 0 aliphatic rings. The lowest BCUT2D eigenvalue weighted by molar-refractivity contribution is 0.0698. The Labute approximate surface area is 164 Å². The number of benzene rings is 1. The quantitative estimate of drug-likeness (QED) is 0.463. The fraction of sp³-hybridized carbons (Fsp3) is 0. The lowest BCUT2D eigenvalue weighted by Gasteiger charge is -2.02. The summed E-state index contributed by atoms with van der Waals surface area (Å²) < 4.78 is 0. The van der Waals surface area contributed by atoms with Crippen molar-refractivity contribution in [3.63, 3.8) is 0 Å². The molecule has 0 aliphatic carbocycles. The number of H-pyrrole nitrogens is 1. The summed E-state index contributed by atoms with van der Waals surface area (Å²) in [5.74, 6) is 0.868. The van der Waals surface area contributed by atoms with E-state index in [1.807, 2.05) is 22.9 Å². The number of thiophene rings is 1. The van der Waals surface area contributed by atoms with E-state index >= 15 is 0 Å². The summed E-state index contributed by atoms with van der Waals surface area (Å²) in [5.41, 5.74) is 1.24. The lowest BCUT2D eigenvalue weighted by atomic mass is 10.2. The van der Waals surface area contributed by atoms with Gasteiger partial charge in [-0.2, -0.15) is 11.3 Å². The number of hydrogen-bond donors (Lipinski definition) is 3. The molecule has 0 saturated carbocycles. The number of pyridine rings is 1. The Morgan fingerprint density at radius 3 is 2.57 bits per heavy atom. The Balaban J connectivity index is 0.000000391. The highest BCUT2D eigenvalue weighted by atomic mass is 32.1. The Morgan fingerprint density at radius 1 is 1.14 bits per heavy atom. The SMILES string of the molecule is C#Cc1cccnc1C(=O)Nc1nc2c(C(=O)O)cccc2[nH]1.c1ccsc1. The Hall–Kier alpha value is -3.96. The van der Waals surface area contributed by atoms with E-state index in [1.54, 1.807) is 35.6 Å². The van der Waals surface area contributed by atoms with Gasteiger partial charge in [-0.15, -0.1) is 6.42 Å². The largest absolute Gasteiger partial charge is 0.478 e. The number of imidazole rings is 1. The number of anilines is 1. The summed E-state index contributed by atoms with van der Waals surface area (Å²) in [6, 6.07) is 12.0. The minimum atomic E-state index is -1.10. The van der Waals surface area contributed by atoms with Crippen LogP contribution in [0.2, 0.25) is 0 Å². The number of terminal acetylenes is 1. The topological polar surface area (TPSA) is 108 Å². The summed E-state index contributed by atoms with van der Waals surface area (Å²) in [6.07, 6.45) is 6.79. The van der Waals surface area contributed by atoms with E-state index in [0.29, 0.717) is 11.1 Å². The molecular formula is C20H14N4O3S. The van der Waals surface area contributed by atoms with Crippen molar-refractivity contribution in [3.8, 4) is 12.3 Å². The highest BCUT2D eigenvalue weighted by molar-refractivity contribution is 7.07. The predicted octanol–water partition coefficient (Wildman–Crippen LogP) is 3.64. The van der Waals surface area contributed by atoms with Gasteiger partial charge >= 0.3 is 5.97 Å². The number of aromatic amines is 1. The highest BCUT2D eigenvalue weighted by Gasteiger charge is 2.16. The van der Waals surface area contributed by atoms with Crippen molar-refractivity contribution in [1.29, 1.82) is 0 Å². The molecule has 7 nitrogen and oxygen atoms in total. The molecule has 0 aliphatic heterocycles. The number of carbonyl (C=O) groups excluding carboxylic acids is 1. The number of aromatic carboxylic acids is 1. The molecule has 4 rings (SSSR count). The molecule has 0 radical (unpaired) electrons. The van der Waals surface area contributed by atoms with Gasteiger partial charge in [0.15, 0.2) is 0 Å². The predicted molar refractivity (Wildman–Crippen MR) is 107 cm³/mol. The average molecular weight is 390 g/mol. The zero-order valence-corrected chi connectivity index (χ0v) is 15.2. The third-order valence-electron chi connectivity index (χ3n) is 3.58. The second-order valence-corrected chi connectivity index (χ2v) is 6.20. The lowest BCUT2D eigenvalue weighted by Crippen LogP contribution is -2.16. The third kappa shape index (κ3) is 4.23. The molecule has 3 aromatic heterocycles. The van der Waals surface area contributed by atoms with E-state index in [2.05, 4.69) is 26.2 Å². The Morgan fingerprint density at radius 2 is 1.93 bits per heavy atom. The molecule has 0 atom stereocenters. The van der Waals surface area contributed by atoms with E-state index in [1.165, 1.54) is 12.3 Å². The fourth-order valence-corrected chi connectivity index (χ4v) is 2.81. The van der Waals surface area contributed by atoms with E-state index < -0.39 is 11.9 Å². The standard InChI is InChI=1S/C16H10N4O3.C4H4S/c1-2-9-5-4-8-17-12(9)14(21)20-16-18-11-7-3-6-10(15(22)23)13(11)19-16;1-2-4-5-3-1/h1,3-8H,(H,22,23)(H2,18,19,20,21);1-4H. The van der Waals surface area contributed by atoms with Crippen LogP contribution in [0.4, 0.5) is 5.95 Å². The van der Waals surface area contributed by atoms with Crippen molar-refractivity contribution < 1.29 is 14.7 Å². The second-order valence-electron chi connectivity index (χ2n) is 5.38. The number of fused-ring (bicyclic) bond motifs is 1. The Kier molecular flexibility index (Phi) is 5.79. The van der Waals surface area contributed by atoms with Crippen LogP contribution in [0.1, 0.15) is 26.4 Å². The van der Waals surface area contributed by atoms with Crippen LogP contribution in [0.5, 0.6) is 0 Å². The summed E-state index contributed by atoms with van der Waals surface area (Å²) in [6.45, 7) is 0. The van der Waals surface area contributed by atoms with Crippen LogP contribution in [0, 0.1) is 12.3 Å². The normalized spacial score (nSPS) is 9.82. The van der Waals surface area contributed by atoms with Gasteiger partial charge in [0.2, 0.25) is 5.95 Å². The van der Waals surface area contributed by atoms with Crippen molar-refractivity contribution in [2.45, 2.75) is 0 Å². The summed E-state index contributed by atoms with van der Waals surface area (Å²) >= 11 is 1.71. The number of para-hydroxylation sites is 1. The number of aromatic nitrogens is 3. The van der Waals surface area contributed by atoms with Crippen molar-refractivity contribution >= 4 is 40.2 Å². The van der Waals surface area contributed by atoms with E-state index in [0.717, 1.165) is 0 Å². The van der Waals surface area contributed by atoms with E-state index in [9.17, 15) is 9.59 Å². The van der Waals surface area contributed by atoms with Crippen LogP contribution in [-0.2, 0) is 0 Å². The molecule has 0 unspecified atom stereocenters. The molecule has 4 aromatic rings. The zero-order chi connectivity index (χ0) is 19.9. The minimum absolute atomic E-state index is 0.0430. The highest BCUT2D eigenvalue weighted by Crippen LogP contribution is 2.19. The van der Waals surface area contributed by atoms with Crippen molar-refractivity contribution in [2.75, 3.05) is 5.32 Å². The molecule has 0 spiro atoms. The number of amides is 1. The van der Waals surface area contributed by atoms with Crippen LogP contribution in [0.15, 0.2) is 59.4 Å². The number of hydrogen-bond acceptors (Lipinski definition) is 5. The maximum atomic E-state index is 12.2.